The highest BCUT2D eigenvalue weighted by Gasteiger charge is 2.63. The quantitative estimate of drug-likeness (QED) is 0.878. The van der Waals surface area contributed by atoms with E-state index in [0.717, 1.165) is 0 Å². The van der Waals surface area contributed by atoms with Crippen molar-refractivity contribution in [2.45, 2.75) is 36.4 Å². The minimum Gasteiger partial charge on any atom is -0.370 e. The van der Waals surface area contributed by atoms with Crippen molar-refractivity contribution in [1.82, 2.24) is 4.72 Å². The summed E-state index contributed by atoms with van der Waals surface area (Å²) in [6, 6.07) is 5.60. The molecule has 0 heterocycles. The molecule has 0 unspecified atom stereocenters. The van der Waals surface area contributed by atoms with Gasteiger partial charge in [0.25, 0.3) is 0 Å². The molecule has 0 atom stereocenters. The fourth-order valence-electron chi connectivity index (χ4n) is 1.93. The number of para-hydroxylation sites is 1. The van der Waals surface area contributed by atoms with Crippen LogP contribution in [0.4, 0.5) is 18.9 Å². The molecule has 2 rings (SSSR count). The molecule has 0 saturated heterocycles. The predicted molar refractivity (Wildman–Crippen MR) is 68.9 cm³/mol. The highest BCUT2D eigenvalue weighted by molar-refractivity contribution is 7.89. The molecule has 1 aliphatic carbocycles. The van der Waals surface area contributed by atoms with Crippen LogP contribution in [0.1, 0.15) is 19.8 Å². The summed E-state index contributed by atoms with van der Waals surface area (Å²) in [6.07, 6.45) is -4.50. The smallest absolute Gasteiger partial charge is 0.370 e. The number of benzene rings is 1. The molecule has 0 aliphatic heterocycles. The first kappa shape index (κ1) is 15.1. The highest BCUT2D eigenvalue weighted by Crippen LogP contribution is 2.51. The number of nitrogens with one attached hydrogen (secondary N) is 2. The van der Waals surface area contributed by atoms with E-state index in [2.05, 4.69) is 10.0 Å². The summed E-state index contributed by atoms with van der Waals surface area (Å²) in [4.78, 5) is -0.169. The van der Waals surface area contributed by atoms with E-state index in [1.807, 2.05) is 0 Å². The van der Waals surface area contributed by atoms with Crippen molar-refractivity contribution in [2.75, 3.05) is 11.9 Å². The first-order chi connectivity index (χ1) is 9.22. The zero-order chi connectivity index (χ0) is 15.0. The third-order valence-corrected chi connectivity index (χ3v) is 4.78. The van der Waals surface area contributed by atoms with Gasteiger partial charge in [-0.3, -0.25) is 0 Å². The van der Waals surface area contributed by atoms with Gasteiger partial charge < -0.3 is 5.32 Å². The molecule has 2 N–H and O–H groups in total. The second-order valence-electron chi connectivity index (χ2n) is 4.70. The Morgan fingerprint density at radius 3 is 2.35 bits per heavy atom. The van der Waals surface area contributed by atoms with Crippen LogP contribution in [-0.2, 0) is 10.0 Å². The average Bonchev–Trinajstić information content (AvgIpc) is 3.10. The Labute approximate surface area is 115 Å². The molecule has 1 aliphatic rings. The summed E-state index contributed by atoms with van der Waals surface area (Å²) < 4.78 is 65.0. The Morgan fingerprint density at radius 1 is 1.25 bits per heavy atom. The number of hydrogen-bond donors (Lipinski definition) is 2. The number of hydrogen-bond acceptors (Lipinski definition) is 3. The third-order valence-electron chi connectivity index (χ3n) is 3.18. The predicted octanol–water partition coefficient (Wildman–Crippen LogP) is 2.49. The molecule has 20 heavy (non-hydrogen) atoms. The first-order valence-electron chi connectivity index (χ1n) is 6.15. The summed E-state index contributed by atoms with van der Waals surface area (Å²) in [7, 11) is -3.81. The Kier molecular flexibility index (Phi) is 3.72. The van der Waals surface area contributed by atoms with Crippen LogP contribution in [0.5, 0.6) is 0 Å². The molecule has 0 radical (unpaired) electrons. The van der Waals surface area contributed by atoms with E-state index in [9.17, 15) is 21.6 Å². The fraction of sp³-hybridized carbons (Fsp3) is 0.500. The lowest BCUT2D eigenvalue weighted by molar-refractivity contribution is -0.151. The molecule has 0 amide bonds. The summed E-state index contributed by atoms with van der Waals surface area (Å²) in [5.41, 5.74) is -2.02. The second-order valence-corrected chi connectivity index (χ2v) is 6.44. The van der Waals surface area contributed by atoms with E-state index in [0.29, 0.717) is 0 Å². The van der Waals surface area contributed by atoms with Crippen molar-refractivity contribution in [3.63, 3.8) is 0 Å². The van der Waals surface area contributed by atoms with E-state index in [-0.39, 0.29) is 30.0 Å². The Bertz CT molecular complexity index is 595. The Hall–Kier alpha value is -1.28. The van der Waals surface area contributed by atoms with Gasteiger partial charge in [-0.15, -0.1) is 0 Å². The van der Waals surface area contributed by atoms with E-state index in [4.69, 9.17) is 0 Å². The number of sulfonamides is 1. The normalized spacial score (nSPS) is 17.8. The number of anilines is 1. The molecular formula is C12H15F3N2O2S. The Morgan fingerprint density at radius 2 is 1.85 bits per heavy atom. The van der Waals surface area contributed by atoms with Crippen molar-refractivity contribution in [3.05, 3.63) is 24.3 Å². The van der Waals surface area contributed by atoms with Gasteiger partial charge in [-0.1, -0.05) is 19.1 Å². The Balaban J connectivity index is 2.35. The van der Waals surface area contributed by atoms with E-state index >= 15 is 0 Å². The van der Waals surface area contributed by atoms with E-state index < -0.39 is 21.7 Å². The monoisotopic (exact) mass is 308 g/mol. The van der Waals surface area contributed by atoms with Crippen LogP contribution in [0.3, 0.4) is 0 Å². The maximum absolute atomic E-state index is 12.9. The lowest BCUT2D eigenvalue weighted by Gasteiger charge is -2.23. The van der Waals surface area contributed by atoms with Crippen molar-refractivity contribution >= 4 is 15.7 Å². The summed E-state index contributed by atoms with van der Waals surface area (Å²) in [5.74, 6) is 0. The molecule has 4 nitrogen and oxygen atoms in total. The van der Waals surface area contributed by atoms with Crippen molar-refractivity contribution in [1.29, 1.82) is 0 Å². The molecule has 1 aromatic rings. The SMILES string of the molecule is CCNS(=O)(=O)c1ccccc1NC1(C(F)(F)F)CC1. The zero-order valence-corrected chi connectivity index (χ0v) is 11.6. The van der Waals surface area contributed by atoms with Crippen LogP contribution in [-0.4, -0.2) is 26.7 Å². The molecular weight excluding hydrogens is 293 g/mol. The molecule has 0 bridgehead atoms. The van der Waals surface area contributed by atoms with Crippen LogP contribution in [0.25, 0.3) is 0 Å². The van der Waals surface area contributed by atoms with E-state index in [1.54, 1.807) is 6.92 Å². The van der Waals surface area contributed by atoms with Crippen LogP contribution < -0.4 is 10.0 Å². The third kappa shape index (κ3) is 2.76. The van der Waals surface area contributed by atoms with Gasteiger partial charge in [-0.25, -0.2) is 13.1 Å². The summed E-state index contributed by atoms with van der Waals surface area (Å²) in [5, 5.41) is 2.36. The molecule has 112 valence electrons. The van der Waals surface area contributed by atoms with Gasteiger partial charge in [0.15, 0.2) is 0 Å². The minimum absolute atomic E-state index is 0.0247. The van der Waals surface area contributed by atoms with Crippen molar-refractivity contribution < 1.29 is 21.6 Å². The van der Waals surface area contributed by atoms with Gasteiger partial charge in [0.05, 0.1) is 5.69 Å². The molecule has 0 aromatic heterocycles. The van der Waals surface area contributed by atoms with Crippen LogP contribution >= 0.6 is 0 Å². The molecule has 1 fully saturated rings. The number of rotatable bonds is 5. The largest absolute Gasteiger partial charge is 0.411 e. The van der Waals surface area contributed by atoms with Crippen molar-refractivity contribution in [3.8, 4) is 0 Å². The van der Waals surface area contributed by atoms with Gasteiger partial charge in [-0.05, 0) is 25.0 Å². The van der Waals surface area contributed by atoms with Crippen LogP contribution in [0.2, 0.25) is 0 Å². The zero-order valence-electron chi connectivity index (χ0n) is 10.8. The van der Waals surface area contributed by atoms with Crippen LogP contribution in [0, 0.1) is 0 Å². The molecule has 8 heteroatoms. The maximum atomic E-state index is 12.9. The molecule has 1 aromatic carbocycles. The number of halogens is 3. The fourth-order valence-corrected chi connectivity index (χ4v) is 3.14. The summed E-state index contributed by atoms with van der Waals surface area (Å²) >= 11 is 0. The standard InChI is InChI=1S/C12H15F3N2O2S/c1-2-16-20(18,19)10-6-4-3-5-9(10)17-11(7-8-11)12(13,14)15/h3-6,16-17H,2,7-8H2,1H3. The van der Waals surface area contributed by atoms with Crippen LogP contribution in [0.15, 0.2) is 29.2 Å². The van der Waals surface area contributed by atoms with Gasteiger partial charge >= 0.3 is 6.18 Å². The van der Waals surface area contributed by atoms with Crippen molar-refractivity contribution in [2.24, 2.45) is 0 Å². The van der Waals surface area contributed by atoms with Gasteiger partial charge in [0, 0.05) is 6.54 Å². The number of alkyl halides is 3. The lowest BCUT2D eigenvalue weighted by atomic mass is 10.2. The highest BCUT2D eigenvalue weighted by atomic mass is 32.2. The summed E-state index contributed by atoms with van der Waals surface area (Å²) in [6.45, 7) is 1.77. The lowest BCUT2D eigenvalue weighted by Crippen LogP contribution is -2.39. The topological polar surface area (TPSA) is 58.2 Å². The average molecular weight is 308 g/mol. The van der Waals surface area contributed by atoms with Gasteiger partial charge in [-0.2, -0.15) is 13.2 Å². The first-order valence-corrected chi connectivity index (χ1v) is 7.64. The molecule has 0 spiro atoms. The van der Waals surface area contributed by atoms with Gasteiger partial charge in [0.2, 0.25) is 10.0 Å². The van der Waals surface area contributed by atoms with E-state index in [1.165, 1.54) is 24.3 Å². The minimum atomic E-state index is -4.40. The van der Waals surface area contributed by atoms with Gasteiger partial charge in [0.1, 0.15) is 10.4 Å². The maximum Gasteiger partial charge on any atom is 0.411 e. The molecule has 1 saturated carbocycles. The second kappa shape index (κ2) is 4.92.